The predicted octanol–water partition coefficient (Wildman–Crippen LogP) is 1.39. The number of carbonyl (C=O) groups is 1. The monoisotopic (exact) mass is 311 g/mol. The van der Waals surface area contributed by atoms with Gasteiger partial charge in [0, 0.05) is 15.9 Å². The van der Waals surface area contributed by atoms with Crippen molar-refractivity contribution in [1.29, 1.82) is 0 Å². The normalized spacial score (nSPS) is 19.5. The second-order valence-corrected chi connectivity index (χ2v) is 5.55. The fourth-order valence-electron chi connectivity index (χ4n) is 1.66. The fraction of sp³-hybridized carbons (Fsp3) is 0. The van der Waals surface area contributed by atoms with Gasteiger partial charge >= 0.3 is 0 Å². The second kappa shape index (κ2) is 3.78. The Morgan fingerprint density at radius 2 is 2.24 bits per heavy atom. The number of amides is 1. The van der Waals surface area contributed by atoms with Crippen molar-refractivity contribution in [3.8, 4) is 0 Å². The van der Waals surface area contributed by atoms with Crippen LogP contribution in [0.15, 0.2) is 34.9 Å². The highest BCUT2D eigenvalue weighted by Crippen LogP contribution is 2.23. The van der Waals surface area contributed by atoms with Gasteiger partial charge in [-0.3, -0.25) is 9.52 Å². The van der Waals surface area contributed by atoms with Gasteiger partial charge < -0.3 is 0 Å². The van der Waals surface area contributed by atoms with E-state index in [1.165, 1.54) is 10.8 Å². The van der Waals surface area contributed by atoms with Gasteiger partial charge in [-0.25, -0.2) is 8.89 Å². The molecule has 1 N–H and O–H groups in total. The average Bonchev–Trinajstić information content (AvgIpc) is 2.81. The van der Waals surface area contributed by atoms with Crippen LogP contribution in [0.1, 0.15) is 0 Å². The van der Waals surface area contributed by atoms with Crippen LogP contribution in [0.25, 0.3) is 15.9 Å². The molecule has 0 aliphatic carbocycles. The number of nitrogens with zero attached hydrogens (tertiary/aromatic N) is 2. The highest BCUT2D eigenvalue weighted by molar-refractivity contribution is 9.10. The van der Waals surface area contributed by atoms with Crippen LogP contribution < -0.4 is 4.72 Å². The van der Waals surface area contributed by atoms with Gasteiger partial charge in [0.1, 0.15) is 0 Å². The number of benzene rings is 1. The van der Waals surface area contributed by atoms with Crippen LogP contribution in [-0.4, -0.2) is 19.9 Å². The molecule has 2 aromatic rings. The SMILES string of the molecule is O=C1C=C(n2ncc3cc(Br)ccc32)S(=O)N1. The number of hydrogen-bond acceptors (Lipinski definition) is 3. The van der Waals surface area contributed by atoms with E-state index in [4.69, 9.17) is 0 Å². The van der Waals surface area contributed by atoms with Crippen molar-refractivity contribution in [2.24, 2.45) is 0 Å². The van der Waals surface area contributed by atoms with E-state index in [0.29, 0.717) is 5.03 Å². The molecule has 86 valence electrons. The van der Waals surface area contributed by atoms with E-state index in [2.05, 4.69) is 25.8 Å². The lowest BCUT2D eigenvalue weighted by Gasteiger charge is -2.02. The van der Waals surface area contributed by atoms with Crippen molar-refractivity contribution >= 4 is 48.8 Å². The molecular formula is C10H6BrN3O2S. The van der Waals surface area contributed by atoms with E-state index >= 15 is 0 Å². The van der Waals surface area contributed by atoms with Gasteiger partial charge in [-0.05, 0) is 18.2 Å². The molecule has 1 amide bonds. The quantitative estimate of drug-likeness (QED) is 0.865. The third-order valence-electron chi connectivity index (χ3n) is 2.38. The molecule has 5 nitrogen and oxygen atoms in total. The van der Waals surface area contributed by atoms with Crippen LogP contribution in [0.3, 0.4) is 0 Å². The first-order valence-corrected chi connectivity index (χ1v) is 6.67. The second-order valence-electron chi connectivity index (χ2n) is 3.48. The average molecular weight is 312 g/mol. The van der Waals surface area contributed by atoms with E-state index in [1.807, 2.05) is 18.2 Å². The van der Waals surface area contributed by atoms with Gasteiger partial charge in [0.15, 0.2) is 16.0 Å². The summed E-state index contributed by atoms with van der Waals surface area (Å²) in [5, 5.41) is 5.41. The highest BCUT2D eigenvalue weighted by atomic mass is 79.9. The first-order chi connectivity index (χ1) is 8.15. The molecule has 0 radical (unpaired) electrons. The molecular weight excluding hydrogens is 306 g/mol. The van der Waals surface area contributed by atoms with Crippen molar-refractivity contribution in [3.05, 3.63) is 34.9 Å². The molecule has 2 heterocycles. The predicted molar refractivity (Wildman–Crippen MR) is 68.0 cm³/mol. The smallest absolute Gasteiger partial charge is 0.258 e. The summed E-state index contributed by atoms with van der Waals surface area (Å²) in [6.07, 6.45) is 2.96. The summed E-state index contributed by atoms with van der Waals surface area (Å²) in [7, 11) is -1.53. The highest BCUT2D eigenvalue weighted by Gasteiger charge is 2.22. The number of nitrogens with one attached hydrogen (secondary N) is 1. The molecule has 1 atom stereocenters. The number of rotatable bonds is 1. The molecule has 0 saturated carbocycles. The van der Waals surface area contributed by atoms with Gasteiger partial charge in [0.25, 0.3) is 5.91 Å². The number of carbonyl (C=O) groups excluding carboxylic acids is 1. The van der Waals surface area contributed by atoms with Crippen LogP contribution in [-0.2, 0) is 15.8 Å². The van der Waals surface area contributed by atoms with Gasteiger partial charge in [0.05, 0.1) is 11.7 Å². The number of fused-ring (bicyclic) bond motifs is 1. The number of halogens is 1. The minimum atomic E-state index is -1.53. The zero-order chi connectivity index (χ0) is 12.0. The summed E-state index contributed by atoms with van der Waals surface area (Å²) in [6, 6.07) is 5.63. The van der Waals surface area contributed by atoms with Crippen LogP contribution in [0, 0.1) is 0 Å². The van der Waals surface area contributed by atoms with Gasteiger partial charge in [0.2, 0.25) is 0 Å². The maximum absolute atomic E-state index is 11.6. The summed E-state index contributed by atoms with van der Waals surface area (Å²) >= 11 is 3.37. The van der Waals surface area contributed by atoms with Gasteiger partial charge in [-0.2, -0.15) is 5.10 Å². The Bertz CT molecular complexity index is 692. The summed E-state index contributed by atoms with van der Waals surface area (Å²) < 4.78 is 16.4. The lowest BCUT2D eigenvalue weighted by Crippen LogP contribution is -2.17. The molecule has 1 aliphatic heterocycles. The maximum Gasteiger partial charge on any atom is 0.258 e. The Balaban J connectivity index is 2.22. The number of hydrogen-bond donors (Lipinski definition) is 1. The summed E-state index contributed by atoms with van der Waals surface area (Å²) in [5.41, 5.74) is 0.810. The molecule has 7 heteroatoms. The lowest BCUT2D eigenvalue weighted by atomic mass is 10.3. The molecule has 0 spiro atoms. The fourth-order valence-corrected chi connectivity index (χ4v) is 2.90. The third kappa shape index (κ3) is 1.71. The Kier molecular flexibility index (Phi) is 2.37. The van der Waals surface area contributed by atoms with E-state index in [0.717, 1.165) is 15.4 Å². The molecule has 1 aromatic carbocycles. The molecule has 0 bridgehead atoms. The van der Waals surface area contributed by atoms with E-state index in [9.17, 15) is 9.00 Å². The molecule has 0 saturated heterocycles. The summed E-state index contributed by atoms with van der Waals surface area (Å²) in [5.74, 6) is -0.362. The van der Waals surface area contributed by atoms with Crippen molar-refractivity contribution in [2.75, 3.05) is 0 Å². The standard InChI is InChI=1S/C10H6BrN3O2S/c11-7-1-2-8-6(3-7)5-12-14(8)10-4-9(15)13-17(10)16/h1-5H,(H,13,15). The van der Waals surface area contributed by atoms with Crippen molar-refractivity contribution in [3.63, 3.8) is 0 Å². The Morgan fingerprint density at radius 1 is 1.41 bits per heavy atom. The Labute approximate surface area is 107 Å². The minimum absolute atomic E-state index is 0.354. The minimum Gasteiger partial charge on any atom is -0.269 e. The molecule has 0 fully saturated rings. The maximum atomic E-state index is 11.6. The Morgan fingerprint density at radius 3 is 2.94 bits per heavy atom. The number of aromatic nitrogens is 2. The zero-order valence-electron chi connectivity index (χ0n) is 8.38. The lowest BCUT2D eigenvalue weighted by molar-refractivity contribution is -0.114. The van der Waals surface area contributed by atoms with Crippen LogP contribution >= 0.6 is 15.9 Å². The molecule has 1 aliphatic rings. The van der Waals surface area contributed by atoms with Gasteiger partial charge in [-0.1, -0.05) is 15.9 Å². The molecule has 1 unspecified atom stereocenters. The van der Waals surface area contributed by atoms with Crippen molar-refractivity contribution < 1.29 is 9.00 Å². The first kappa shape index (κ1) is 10.7. The van der Waals surface area contributed by atoms with Crippen LogP contribution in [0.5, 0.6) is 0 Å². The van der Waals surface area contributed by atoms with E-state index < -0.39 is 11.0 Å². The topological polar surface area (TPSA) is 64.0 Å². The third-order valence-corrected chi connectivity index (χ3v) is 3.93. The van der Waals surface area contributed by atoms with Crippen LogP contribution in [0.4, 0.5) is 0 Å². The van der Waals surface area contributed by atoms with Gasteiger partial charge in [-0.15, -0.1) is 0 Å². The van der Waals surface area contributed by atoms with Crippen LogP contribution in [0.2, 0.25) is 0 Å². The van der Waals surface area contributed by atoms with Crippen molar-refractivity contribution in [1.82, 2.24) is 14.5 Å². The largest absolute Gasteiger partial charge is 0.269 e. The zero-order valence-corrected chi connectivity index (χ0v) is 10.8. The molecule has 1 aromatic heterocycles. The summed E-state index contributed by atoms with van der Waals surface area (Å²) in [6.45, 7) is 0. The summed E-state index contributed by atoms with van der Waals surface area (Å²) in [4.78, 5) is 11.1. The molecule has 17 heavy (non-hydrogen) atoms. The van der Waals surface area contributed by atoms with E-state index in [1.54, 1.807) is 6.20 Å². The van der Waals surface area contributed by atoms with Crippen molar-refractivity contribution in [2.45, 2.75) is 0 Å². The van der Waals surface area contributed by atoms with E-state index in [-0.39, 0.29) is 5.91 Å². The molecule has 3 rings (SSSR count). The first-order valence-electron chi connectivity index (χ1n) is 4.73. The Hall–Kier alpha value is -1.47.